The number of hydrogen-bond acceptors (Lipinski definition) is 6. The maximum Gasteiger partial charge on any atom is 0.341 e. The van der Waals surface area contributed by atoms with Crippen LogP contribution in [0, 0.1) is 10.8 Å². The molecule has 6 rings (SSSR count). The number of ether oxygens (including phenoxy) is 3. The Balaban J connectivity index is 1.26. The maximum atomic E-state index is 12.6. The zero-order valence-electron chi connectivity index (χ0n) is 19.9. The molecule has 0 aliphatic carbocycles. The number of nitrogens with zero attached hydrogens (tertiary/aromatic N) is 2. The van der Waals surface area contributed by atoms with E-state index in [-0.39, 0.29) is 23.1 Å². The van der Waals surface area contributed by atoms with E-state index in [9.17, 15) is 14.7 Å². The molecule has 4 aliphatic heterocycles. The fraction of sp³-hybridized carbons (Fsp3) is 0.538. The van der Waals surface area contributed by atoms with Gasteiger partial charge in [0.1, 0.15) is 17.4 Å². The summed E-state index contributed by atoms with van der Waals surface area (Å²) >= 11 is 6.62. The molecule has 1 aromatic heterocycles. The predicted molar refractivity (Wildman–Crippen MR) is 129 cm³/mol. The number of fused-ring (bicyclic) bond motifs is 6. The monoisotopic (exact) mass is 500 g/mol. The van der Waals surface area contributed by atoms with Crippen LogP contribution in [0.5, 0.6) is 5.75 Å². The Kier molecular flexibility index (Phi) is 5.31. The molecular formula is C26H29ClN2O6. The van der Waals surface area contributed by atoms with Gasteiger partial charge in [-0.3, -0.25) is 4.79 Å². The van der Waals surface area contributed by atoms with Crippen molar-refractivity contribution in [3.8, 4) is 17.0 Å². The van der Waals surface area contributed by atoms with Crippen LogP contribution in [0.25, 0.3) is 11.3 Å². The molecule has 35 heavy (non-hydrogen) atoms. The molecule has 4 aliphatic rings. The summed E-state index contributed by atoms with van der Waals surface area (Å²) in [6, 6.07) is 4.97. The van der Waals surface area contributed by atoms with Crippen molar-refractivity contribution in [3.63, 3.8) is 0 Å². The average molecular weight is 501 g/mol. The molecule has 1 aromatic carbocycles. The number of aromatic carboxylic acids is 1. The Morgan fingerprint density at radius 2 is 2.00 bits per heavy atom. The number of benzene rings is 1. The smallest absolute Gasteiger partial charge is 0.341 e. The van der Waals surface area contributed by atoms with Gasteiger partial charge in [0.15, 0.2) is 5.43 Å². The standard InChI is InChI=1S/C26H29ClN2O6/c1-25(2)12-35-22-16-7-21(34-5-3-4-28-10-26(11-28)13-33-14-26)18(27)6-15(16)19-8-20(30)17(24(31)32)9-29(19)23(22)25/h6-9,22-23H,3-5,10-14H2,1-2H3,(H,31,32)/t22-,23+/m1/s1. The van der Waals surface area contributed by atoms with E-state index in [0.29, 0.717) is 35.1 Å². The first kappa shape index (κ1) is 23.0. The minimum absolute atomic E-state index is 0.160. The summed E-state index contributed by atoms with van der Waals surface area (Å²) in [6.45, 7) is 10.2. The van der Waals surface area contributed by atoms with Crippen molar-refractivity contribution in [2.45, 2.75) is 32.4 Å². The lowest BCUT2D eigenvalue weighted by Crippen LogP contribution is -2.65. The Morgan fingerprint density at radius 1 is 1.23 bits per heavy atom. The lowest BCUT2D eigenvalue weighted by molar-refractivity contribution is -0.189. The van der Waals surface area contributed by atoms with E-state index in [1.807, 2.05) is 10.6 Å². The zero-order chi connectivity index (χ0) is 24.5. The predicted octanol–water partition coefficient (Wildman–Crippen LogP) is 3.62. The summed E-state index contributed by atoms with van der Waals surface area (Å²) in [5, 5.41) is 9.97. The summed E-state index contributed by atoms with van der Waals surface area (Å²) in [6.07, 6.45) is 2.06. The summed E-state index contributed by atoms with van der Waals surface area (Å²) in [5.74, 6) is -0.636. The first-order chi connectivity index (χ1) is 16.7. The minimum atomic E-state index is -1.24. The van der Waals surface area contributed by atoms with Gasteiger partial charge in [-0.1, -0.05) is 25.4 Å². The molecule has 2 atom stereocenters. The highest BCUT2D eigenvalue weighted by Crippen LogP contribution is 2.56. The third kappa shape index (κ3) is 3.69. The first-order valence-electron chi connectivity index (χ1n) is 12.1. The zero-order valence-corrected chi connectivity index (χ0v) is 20.6. The first-order valence-corrected chi connectivity index (χ1v) is 12.4. The summed E-state index contributed by atoms with van der Waals surface area (Å²) in [5.41, 5.74) is 1.71. The molecule has 0 amide bonds. The van der Waals surface area contributed by atoms with Gasteiger partial charge in [-0.2, -0.15) is 0 Å². The van der Waals surface area contributed by atoms with E-state index in [1.54, 1.807) is 6.07 Å². The number of carboxylic acid groups (broad SMARTS) is 1. The number of carboxylic acids is 1. The van der Waals surface area contributed by atoms with Crippen molar-refractivity contribution >= 4 is 17.6 Å². The molecular weight excluding hydrogens is 472 g/mol. The van der Waals surface area contributed by atoms with Gasteiger partial charge in [0.05, 0.1) is 43.2 Å². The van der Waals surface area contributed by atoms with Crippen molar-refractivity contribution in [3.05, 3.63) is 50.8 Å². The minimum Gasteiger partial charge on any atom is -0.492 e. The Morgan fingerprint density at radius 3 is 2.69 bits per heavy atom. The largest absolute Gasteiger partial charge is 0.492 e. The fourth-order valence-electron chi connectivity index (χ4n) is 6.07. The topological polar surface area (TPSA) is 90.2 Å². The summed E-state index contributed by atoms with van der Waals surface area (Å²) < 4.78 is 19.5. The Bertz CT molecular complexity index is 1260. The molecule has 8 nitrogen and oxygen atoms in total. The van der Waals surface area contributed by atoms with E-state index in [0.717, 1.165) is 50.4 Å². The third-order valence-corrected chi connectivity index (χ3v) is 8.12. The molecule has 3 saturated heterocycles. The second-order valence-electron chi connectivity index (χ2n) is 11.1. The van der Waals surface area contributed by atoms with Gasteiger partial charge in [-0.05, 0) is 24.1 Å². The van der Waals surface area contributed by atoms with Crippen LogP contribution in [-0.4, -0.2) is 66.6 Å². The Hall–Kier alpha value is -2.39. The molecule has 186 valence electrons. The van der Waals surface area contributed by atoms with E-state index < -0.39 is 11.4 Å². The van der Waals surface area contributed by atoms with Crippen LogP contribution in [0.1, 0.15) is 48.3 Å². The van der Waals surface area contributed by atoms with Gasteiger partial charge in [0.25, 0.3) is 0 Å². The van der Waals surface area contributed by atoms with Crippen LogP contribution >= 0.6 is 11.6 Å². The van der Waals surface area contributed by atoms with Gasteiger partial charge in [0.2, 0.25) is 0 Å². The van der Waals surface area contributed by atoms with Crippen molar-refractivity contribution in [2.75, 3.05) is 46.1 Å². The number of carbonyl (C=O) groups is 1. The maximum absolute atomic E-state index is 12.6. The molecule has 0 bridgehead atoms. The summed E-state index contributed by atoms with van der Waals surface area (Å²) in [4.78, 5) is 26.7. The quantitative estimate of drug-likeness (QED) is 0.606. The summed E-state index contributed by atoms with van der Waals surface area (Å²) in [7, 11) is 0. The lowest BCUT2D eigenvalue weighted by atomic mass is 9.78. The second kappa shape index (κ2) is 8.06. The SMILES string of the molecule is CC1(C)CO[C@@H]2c3cc(OCCCN4CC5(COC5)C4)c(Cl)cc3-c3cc(=O)c(C(=O)O)cn3[C@@H]21. The molecule has 9 heteroatoms. The molecule has 0 unspecified atom stereocenters. The fourth-order valence-corrected chi connectivity index (χ4v) is 6.29. The van der Waals surface area contributed by atoms with E-state index in [4.69, 9.17) is 25.8 Å². The Labute approximate surface area is 208 Å². The number of aromatic nitrogens is 1. The van der Waals surface area contributed by atoms with E-state index in [2.05, 4.69) is 18.7 Å². The number of likely N-dealkylation sites (tertiary alicyclic amines) is 1. The van der Waals surface area contributed by atoms with Crippen LogP contribution in [0.2, 0.25) is 5.02 Å². The van der Waals surface area contributed by atoms with Crippen LogP contribution < -0.4 is 10.2 Å². The second-order valence-corrected chi connectivity index (χ2v) is 11.5. The number of halogens is 1. The highest BCUT2D eigenvalue weighted by Gasteiger charge is 2.50. The van der Waals surface area contributed by atoms with Crippen LogP contribution in [0.15, 0.2) is 29.2 Å². The lowest BCUT2D eigenvalue weighted by Gasteiger charge is -2.55. The molecule has 2 aromatic rings. The van der Waals surface area contributed by atoms with Crippen molar-refractivity contribution in [1.29, 1.82) is 0 Å². The third-order valence-electron chi connectivity index (χ3n) is 7.83. The van der Waals surface area contributed by atoms with Crippen LogP contribution in [-0.2, 0) is 9.47 Å². The van der Waals surface area contributed by atoms with Gasteiger partial charge >= 0.3 is 5.97 Å². The van der Waals surface area contributed by atoms with Gasteiger partial charge in [0, 0.05) is 48.3 Å². The molecule has 1 spiro atoms. The van der Waals surface area contributed by atoms with Crippen molar-refractivity contribution in [1.82, 2.24) is 9.47 Å². The van der Waals surface area contributed by atoms with Crippen molar-refractivity contribution < 1.29 is 24.1 Å². The number of rotatable bonds is 6. The number of pyridine rings is 1. The van der Waals surface area contributed by atoms with Crippen LogP contribution in [0.3, 0.4) is 0 Å². The normalized spacial score (nSPS) is 25.2. The van der Waals surface area contributed by atoms with Gasteiger partial charge in [-0.15, -0.1) is 0 Å². The molecule has 0 saturated carbocycles. The average Bonchev–Trinajstić information content (AvgIpc) is 3.06. The highest BCUT2D eigenvalue weighted by molar-refractivity contribution is 6.32. The molecule has 3 fully saturated rings. The van der Waals surface area contributed by atoms with Crippen molar-refractivity contribution in [2.24, 2.45) is 10.8 Å². The molecule has 5 heterocycles. The van der Waals surface area contributed by atoms with E-state index in [1.165, 1.54) is 12.3 Å². The van der Waals surface area contributed by atoms with Gasteiger partial charge < -0.3 is 28.8 Å². The van der Waals surface area contributed by atoms with E-state index >= 15 is 0 Å². The van der Waals surface area contributed by atoms with Crippen LogP contribution in [0.4, 0.5) is 0 Å². The molecule has 1 N–H and O–H groups in total. The highest BCUT2D eigenvalue weighted by atomic mass is 35.5. The molecule has 0 radical (unpaired) electrons. The van der Waals surface area contributed by atoms with Gasteiger partial charge in [-0.25, -0.2) is 4.79 Å². The number of hydrogen-bond donors (Lipinski definition) is 1.